The molecule has 0 aliphatic heterocycles. The number of rotatable bonds is 5. The quantitative estimate of drug-likeness (QED) is 0.843. The largest absolute Gasteiger partial charge is 0.347 e. The van der Waals surface area contributed by atoms with Crippen LogP contribution in [0.3, 0.4) is 0 Å². The molecule has 1 saturated carbocycles. The molecule has 6 nitrogen and oxygen atoms in total. The lowest BCUT2D eigenvalue weighted by Gasteiger charge is -2.14. The summed E-state index contributed by atoms with van der Waals surface area (Å²) < 4.78 is 5.16. The van der Waals surface area contributed by atoms with Crippen LogP contribution >= 0.6 is 24.0 Å². The number of benzene rings is 1. The van der Waals surface area contributed by atoms with Crippen LogP contribution in [0.4, 0.5) is 0 Å². The van der Waals surface area contributed by atoms with Gasteiger partial charge in [-0.1, -0.05) is 35.3 Å². The number of hydrogen-bond donors (Lipinski definition) is 2. The van der Waals surface area contributed by atoms with Crippen LogP contribution in [-0.4, -0.2) is 22.1 Å². The number of carbonyl (C=O) groups excluding carboxylic acids is 1. The average molecular weight is 371 g/mol. The summed E-state index contributed by atoms with van der Waals surface area (Å²) in [5.41, 5.74) is 6.76. The number of hydrogen-bond acceptors (Lipinski definition) is 5. The third-order valence-electron chi connectivity index (χ3n) is 4.15. The lowest BCUT2D eigenvalue weighted by molar-refractivity contribution is -0.122. The highest BCUT2D eigenvalue weighted by Gasteiger charge is 2.26. The van der Waals surface area contributed by atoms with Gasteiger partial charge in [-0.15, -0.1) is 12.4 Å². The van der Waals surface area contributed by atoms with Crippen LogP contribution in [0.15, 0.2) is 28.8 Å². The molecular formula is C16H20Cl2N4O2. The number of nitrogens with one attached hydrogen (secondary N) is 1. The van der Waals surface area contributed by atoms with Gasteiger partial charge in [-0.2, -0.15) is 4.98 Å². The van der Waals surface area contributed by atoms with Crippen molar-refractivity contribution in [3.63, 3.8) is 0 Å². The Hall–Kier alpha value is -1.63. The molecule has 2 aromatic rings. The van der Waals surface area contributed by atoms with Crippen LogP contribution in [0.25, 0.3) is 11.4 Å². The molecule has 1 aliphatic carbocycles. The minimum absolute atomic E-state index is 0. The number of amides is 1. The maximum absolute atomic E-state index is 12.0. The van der Waals surface area contributed by atoms with E-state index in [1.54, 1.807) is 12.1 Å². The summed E-state index contributed by atoms with van der Waals surface area (Å²) in [5.74, 6) is 1.06. The summed E-state index contributed by atoms with van der Waals surface area (Å²) in [7, 11) is 0. The molecule has 1 aromatic heterocycles. The van der Waals surface area contributed by atoms with E-state index in [-0.39, 0.29) is 36.8 Å². The Labute approximate surface area is 151 Å². The zero-order valence-corrected chi connectivity index (χ0v) is 14.6. The summed E-state index contributed by atoms with van der Waals surface area (Å²) in [5, 5.41) is 7.32. The zero-order chi connectivity index (χ0) is 16.2. The van der Waals surface area contributed by atoms with Crippen LogP contribution < -0.4 is 11.1 Å². The van der Waals surface area contributed by atoms with E-state index in [0.29, 0.717) is 23.2 Å². The first kappa shape index (κ1) is 18.7. The van der Waals surface area contributed by atoms with Crippen molar-refractivity contribution in [3.05, 3.63) is 35.2 Å². The van der Waals surface area contributed by atoms with E-state index < -0.39 is 0 Å². The number of nitrogens with two attached hydrogens (primary N) is 1. The topological polar surface area (TPSA) is 94.0 Å². The SMILES string of the molecule is Cl.N[C@@H]1CCC[C@H]1CC(=O)NCc1nc(-c2cccc(Cl)c2)no1. The van der Waals surface area contributed by atoms with Crippen LogP contribution in [-0.2, 0) is 11.3 Å². The van der Waals surface area contributed by atoms with Crippen molar-refractivity contribution < 1.29 is 9.32 Å². The second-order valence-corrected chi connectivity index (χ2v) is 6.29. The van der Waals surface area contributed by atoms with Gasteiger partial charge in [0.2, 0.25) is 17.6 Å². The molecule has 2 atom stereocenters. The van der Waals surface area contributed by atoms with E-state index in [2.05, 4.69) is 15.5 Å². The highest BCUT2D eigenvalue weighted by Crippen LogP contribution is 2.26. The molecule has 130 valence electrons. The second kappa shape index (κ2) is 8.46. The van der Waals surface area contributed by atoms with Crippen LogP contribution in [0.2, 0.25) is 5.02 Å². The second-order valence-electron chi connectivity index (χ2n) is 5.86. The standard InChI is InChI=1S/C16H19ClN4O2.ClH/c17-12-5-1-4-11(7-12)16-20-15(23-21-16)9-19-14(22)8-10-3-2-6-13(10)18;/h1,4-5,7,10,13H,2-3,6,8-9,18H2,(H,19,22);1H/t10-,13+;/m0./s1. The summed E-state index contributed by atoms with van der Waals surface area (Å²) in [6, 6.07) is 7.34. The van der Waals surface area contributed by atoms with Gasteiger partial charge in [0.25, 0.3) is 0 Å². The zero-order valence-electron chi connectivity index (χ0n) is 13.1. The summed E-state index contributed by atoms with van der Waals surface area (Å²) in [4.78, 5) is 16.2. The third-order valence-corrected chi connectivity index (χ3v) is 4.39. The van der Waals surface area contributed by atoms with Crippen molar-refractivity contribution in [2.45, 2.75) is 38.3 Å². The minimum Gasteiger partial charge on any atom is -0.347 e. The fourth-order valence-corrected chi connectivity index (χ4v) is 3.07. The van der Waals surface area contributed by atoms with Gasteiger partial charge in [0.05, 0.1) is 6.54 Å². The molecule has 0 bridgehead atoms. The fourth-order valence-electron chi connectivity index (χ4n) is 2.87. The van der Waals surface area contributed by atoms with Gasteiger partial charge in [-0.3, -0.25) is 4.79 Å². The van der Waals surface area contributed by atoms with Crippen molar-refractivity contribution in [2.24, 2.45) is 11.7 Å². The summed E-state index contributed by atoms with van der Waals surface area (Å²) in [6.07, 6.45) is 3.58. The molecule has 0 unspecified atom stereocenters. The fraction of sp³-hybridized carbons (Fsp3) is 0.438. The van der Waals surface area contributed by atoms with E-state index in [0.717, 1.165) is 24.8 Å². The Balaban J connectivity index is 0.00000208. The Morgan fingerprint density at radius 3 is 2.96 bits per heavy atom. The summed E-state index contributed by atoms with van der Waals surface area (Å²) >= 11 is 5.94. The number of halogens is 2. The van der Waals surface area contributed by atoms with Crippen LogP contribution in [0.5, 0.6) is 0 Å². The van der Waals surface area contributed by atoms with Gasteiger partial charge >= 0.3 is 0 Å². The maximum Gasteiger partial charge on any atom is 0.246 e. The van der Waals surface area contributed by atoms with Gasteiger partial charge in [-0.05, 0) is 30.9 Å². The Kier molecular flexibility index (Phi) is 6.60. The van der Waals surface area contributed by atoms with Crippen molar-refractivity contribution in [3.8, 4) is 11.4 Å². The van der Waals surface area contributed by atoms with Crippen LogP contribution in [0, 0.1) is 5.92 Å². The van der Waals surface area contributed by atoms with Crippen molar-refractivity contribution in [2.75, 3.05) is 0 Å². The van der Waals surface area contributed by atoms with E-state index >= 15 is 0 Å². The average Bonchev–Trinajstić information content (AvgIpc) is 3.15. The lowest BCUT2D eigenvalue weighted by Crippen LogP contribution is -2.31. The first-order valence-corrected chi connectivity index (χ1v) is 8.10. The summed E-state index contributed by atoms with van der Waals surface area (Å²) in [6.45, 7) is 0.217. The van der Waals surface area contributed by atoms with Gasteiger partial charge in [-0.25, -0.2) is 0 Å². The van der Waals surface area contributed by atoms with Gasteiger partial charge in [0, 0.05) is 23.0 Å². The first-order valence-electron chi connectivity index (χ1n) is 7.72. The minimum atomic E-state index is -0.0325. The molecule has 1 aliphatic rings. The molecule has 1 aromatic carbocycles. The number of carbonyl (C=O) groups is 1. The highest BCUT2D eigenvalue weighted by atomic mass is 35.5. The Bertz CT molecular complexity index is 692. The number of aromatic nitrogens is 2. The van der Waals surface area contributed by atoms with E-state index in [1.165, 1.54) is 0 Å². The predicted octanol–water partition coefficient (Wildman–Crippen LogP) is 2.95. The van der Waals surface area contributed by atoms with Crippen molar-refractivity contribution in [1.29, 1.82) is 0 Å². The molecule has 8 heteroatoms. The highest BCUT2D eigenvalue weighted by molar-refractivity contribution is 6.30. The first-order chi connectivity index (χ1) is 11.1. The van der Waals surface area contributed by atoms with Gasteiger partial charge in [0.1, 0.15) is 0 Å². The van der Waals surface area contributed by atoms with Crippen molar-refractivity contribution in [1.82, 2.24) is 15.5 Å². The Morgan fingerprint density at radius 2 is 2.25 bits per heavy atom. The maximum atomic E-state index is 12.0. The molecule has 0 spiro atoms. The van der Waals surface area contributed by atoms with Crippen molar-refractivity contribution >= 4 is 29.9 Å². The van der Waals surface area contributed by atoms with Gasteiger partial charge < -0.3 is 15.6 Å². The van der Waals surface area contributed by atoms with Gasteiger partial charge in [0.15, 0.2) is 0 Å². The smallest absolute Gasteiger partial charge is 0.246 e. The van der Waals surface area contributed by atoms with E-state index in [1.807, 2.05) is 12.1 Å². The third kappa shape index (κ3) is 4.69. The molecule has 1 amide bonds. The van der Waals surface area contributed by atoms with E-state index in [4.69, 9.17) is 21.9 Å². The predicted molar refractivity (Wildman–Crippen MR) is 93.8 cm³/mol. The molecule has 3 rings (SSSR count). The normalized spacial score (nSPS) is 19.8. The molecular weight excluding hydrogens is 351 g/mol. The Morgan fingerprint density at radius 1 is 1.42 bits per heavy atom. The molecule has 0 saturated heterocycles. The van der Waals surface area contributed by atoms with Crippen LogP contribution in [0.1, 0.15) is 31.6 Å². The molecule has 3 N–H and O–H groups in total. The van der Waals surface area contributed by atoms with E-state index in [9.17, 15) is 4.79 Å². The molecule has 24 heavy (non-hydrogen) atoms. The molecule has 0 radical (unpaired) electrons. The monoisotopic (exact) mass is 370 g/mol. The molecule has 1 fully saturated rings. The number of nitrogens with zero attached hydrogens (tertiary/aromatic N) is 2. The molecule has 1 heterocycles. The lowest BCUT2D eigenvalue weighted by atomic mass is 10.00.